The minimum absolute atomic E-state index is 0.0753. The van der Waals surface area contributed by atoms with Gasteiger partial charge >= 0.3 is 0 Å². The molecule has 0 saturated carbocycles. The molecule has 1 atom stereocenters. The van der Waals surface area contributed by atoms with Crippen LogP contribution in [0, 0.1) is 5.82 Å². The summed E-state index contributed by atoms with van der Waals surface area (Å²) >= 11 is 5.58. The number of aliphatic hydroxyl groups is 1. The number of hydrogen-bond donors (Lipinski definition) is 1. The van der Waals surface area contributed by atoms with Crippen LogP contribution in [0.2, 0.25) is 5.02 Å². The van der Waals surface area contributed by atoms with Crippen LogP contribution in [0.1, 0.15) is 17.2 Å². The topological polar surface area (TPSA) is 46.0 Å². The summed E-state index contributed by atoms with van der Waals surface area (Å²) < 4.78 is 13.2. The van der Waals surface area contributed by atoms with Crippen molar-refractivity contribution in [2.45, 2.75) is 12.5 Å². The third-order valence-electron chi connectivity index (χ3n) is 2.38. The Hall–Kier alpha value is -1.52. The maximum absolute atomic E-state index is 13.2. The summed E-state index contributed by atoms with van der Waals surface area (Å²) in [6.45, 7) is 0. The average Bonchev–Trinajstić information content (AvgIpc) is 2.35. The molecule has 0 aliphatic rings. The zero-order chi connectivity index (χ0) is 12.3. The Morgan fingerprint density at radius 1 is 1.29 bits per heavy atom. The Balaban J connectivity index is 2.13. The number of rotatable bonds is 3. The van der Waals surface area contributed by atoms with E-state index < -0.39 is 11.9 Å². The summed E-state index contributed by atoms with van der Waals surface area (Å²) in [5.74, 6) is -0.485. The number of aliphatic hydroxyl groups excluding tert-OH is 1. The summed E-state index contributed by atoms with van der Waals surface area (Å²) in [6.07, 6.45) is 3.99. The normalized spacial score (nSPS) is 12.4. The zero-order valence-corrected chi connectivity index (χ0v) is 9.60. The van der Waals surface area contributed by atoms with Crippen LogP contribution in [0.15, 0.2) is 36.9 Å². The van der Waals surface area contributed by atoms with Gasteiger partial charge in [0, 0.05) is 24.4 Å². The molecule has 2 rings (SSSR count). The van der Waals surface area contributed by atoms with E-state index in [4.69, 9.17) is 11.6 Å². The van der Waals surface area contributed by atoms with Crippen LogP contribution in [0.5, 0.6) is 0 Å². The molecule has 1 aromatic heterocycles. The molecule has 1 heterocycles. The van der Waals surface area contributed by atoms with Crippen LogP contribution in [-0.4, -0.2) is 15.1 Å². The fraction of sp³-hybridized carbons (Fsp3) is 0.167. The molecule has 88 valence electrons. The second-order valence-electron chi connectivity index (χ2n) is 3.64. The summed E-state index contributed by atoms with van der Waals surface area (Å²) in [5, 5.41) is 9.97. The van der Waals surface area contributed by atoms with Gasteiger partial charge in [0.25, 0.3) is 0 Å². The van der Waals surface area contributed by atoms with Crippen molar-refractivity contribution < 1.29 is 9.50 Å². The summed E-state index contributed by atoms with van der Waals surface area (Å²) in [7, 11) is 0. The lowest BCUT2D eigenvalue weighted by atomic mass is 10.0. The molecule has 0 radical (unpaired) electrons. The molecular formula is C12H10ClFN2O. The SMILES string of the molecule is OC(Cc1ccc(Cl)c(F)c1)c1cncnc1. The molecule has 2 aromatic rings. The van der Waals surface area contributed by atoms with Gasteiger partial charge in [0.1, 0.15) is 12.1 Å². The van der Waals surface area contributed by atoms with Gasteiger partial charge < -0.3 is 5.11 Å². The predicted octanol–water partition coefficient (Wildman–Crippen LogP) is 2.55. The third kappa shape index (κ3) is 2.99. The lowest BCUT2D eigenvalue weighted by Crippen LogP contribution is -2.03. The zero-order valence-electron chi connectivity index (χ0n) is 8.85. The molecule has 0 aliphatic carbocycles. The molecule has 0 aliphatic heterocycles. The quantitative estimate of drug-likeness (QED) is 0.913. The van der Waals surface area contributed by atoms with Crippen molar-refractivity contribution in [2.24, 2.45) is 0 Å². The number of aromatic nitrogens is 2. The van der Waals surface area contributed by atoms with E-state index in [1.54, 1.807) is 6.07 Å². The van der Waals surface area contributed by atoms with Crippen molar-refractivity contribution in [2.75, 3.05) is 0 Å². The second-order valence-corrected chi connectivity index (χ2v) is 4.05. The van der Waals surface area contributed by atoms with Crippen molar-refractivity contribution in [3.8, 4) is 0 Å². The van der Waals surface area contributed by atoms with Gasteiger partial charge in [0.15, 0.2) is 0 Å². The van der Waals surface area contributed by atoms with Crippen molar-refractivity contribution in [3.63, 3.8) is 0 Å². The first-order valence-corrected chi connectivity index (χ1v) is 5.41. The van der Waals surface area contributed by atoms with Crippen molar-refractivity contribution in [1.29, 1.82) is 0 Å². The minimum atomic E-state index is -0.753. The highest BCUT2D eigenvalue weighted by Gasteiger charge is 2.10. The van der Waals surface area contributed by atoms with E-state index in [1.807, 2.05) is 0 Å². The van der Waals surface area contributed by atoms with Crippen LogP contribution in [0.4, 0.5) is 4.39 Å². The van der Waals surface area contributed by atoms with Crippen LogP contribution < -0.4 is 0 Å². The number of hydrogen-bond acceptors (Lipinski definition) is 3. The number of nitrogens with zero attached hydrogens (tertiary/aromatic N) is 2. The summed E-state index contributed by atoms with van der Waals surface area (Å²) in [4.78, 5) is 7.63. The molecule has 3 nitrogen and oxygen atoms in total. The molecule has 0 amide bonds. The van der Waals surface area contributed by atoms with Crippen molar-refractivity contribution in [1.82, 2.24) is 9.97 Å². The molecule has 1 aromatic carbocycles. The van der Waals surface area contributed by atoms with Gasteiger partial charge in [-0.3, -0.25) is 0 Å². The first-order chi connectivity index (χ1) is 8.16. The van der Waals surface area contributed by atoms with E-state index in [0.29, 0.717) is 17.5 Å². The van der Waals surface area contributed by atoms with E-state index in [1.165, 1.54) is 30.9 Å². The molecule has 0 bridgehead atoms. The van der Waals surface area contributed by atoms with Crippen molar-refractivity contribution in [3.05, 3.63) is 58.9 Å². The first kappa shape index (κ1) is 12.0. The van der Waals surface area contributed by atoms with Gasteiger partial charge in [-0.15, -0.1) is 0 Å². The highest BCUT2D eigenvalue weighted by Crippen LogP contribution is 2.20. The molecule has 0 spiro atoms. The number of halogens is 2. The van der Waals surface area contributed by atoms with E-state index >= 15 is 0 Å². The van der Waals surface area contributed by atoms with Crippen LogP contribution in [0.25, 0.3) is 0 Å². The highest BCUT2D eigenvalue weighted by molar-refractivity contribution is 6.30. The Morgan fingerprint density at radius 3 is 2.65 bits per heavy atom. The average molecular weight is 253 g/mol. The lowest BCUT2D eigenvalue weighted by Gasteiger charge is -2.10. The molecule has 0 fully saturated rings. The minimum Gasteiger partial charge on any atom is -0.388 e. The first-order valence-electron chi connectivity index (χ1n) is 5.03. The smallest absolute Gasteiger partial charge is 0.142 e. The van der Waals surface area contributed by atoms with E-state index in [9.17, 15) is 9.50 Å². The van der Waals surface area contributed by atoms with E-state index in [2.05, 4.69) is 9.97 Å². The second kappa shape index (κ2) is 5.21. The molecular weight excluding hydrogens is 243 g/mol. The predicted molar refractivity (Wildman–Crippen MR) is 62.1 cm³/mol. The highest BCUT2D eigenvalue weighted by atomic mass is 35.5. The Kier molecular flexibility index (Phi) is 3.66. The van der Waals surface area contributed by atoms with E-state index in [0.717, 1.165) is 0 Å². The van der Waals surface area contributed by atoms with Gasteiger partial charge in [-0.05, 0) is 17.7 Å². The van der Waals surface area contributed by atoms with Gasteiger partial charge in [0.2, 0.25) is 0 Å². The van der Waals surface area contributed by atoms with Crippen LogP contribution >= 0.6 is 11.6 Å². The monoisotopic (exact) mass is 252 g/mol. The van der Waals surface area contributed by atoms with Crippen LogP contribution in [0.3, 0.4) is 0 Å². The maximum Gasteiger partial charge on any atom is 0.142 e. The summed E-state index contributed by atoms with van der Waals surface area (Å²) in [6, 6.07) is 4.47. The third-order valence-corrected chi connectivity index (χ3v) is 2.68. The number of benzene rings is 1. The Labute approximate surface area is 103 Å². The molecule has 1 unspecified atom stereocenters. The summed E-state index contributed by atoms with van der Waals surface area (Å²) in [5.41, 5.74) is 1.27. The Bertz CT molecular complexity index is 507. The van der Waals surface area contributed by atoms with Crippen LogP contribution in [-0.2, 0) is 6.42 Å². The molecule has 5 heteroatoms. The van der Waals surface area contributed by atoms with Gasteiger partial charge in [-0.1, -0.05) is 17.7 Å². The standard InChI is InChI=1S/C12H10ClFN2O/c13-10-2-1-8(3-11(10)14)4-12(17)9-5-15-7-16-6-9/h1-3,5-7,12,17H,4H2. The van der Waals surface area contributed by atoms with Gasteiger partial charge in [-0.2, -0.15) is 0 Å². The van der Waals surface area contributed by atoms with E-state index in [-0.39, 0.29) is 5.02 Å². The van der Waals surface area contributed by atoms with Crippen molar-refractivity contribution >= 4 is 11.6 Å². The fourth-order valence-corrected chi connectivity index (χ4v) is 1.61. The molecule has 0 saturated heterocycles. The Morgan fingerprint density at radius 2 is 2.00 bits per heavy atom. The maximum atomic E-state index is 13.2. The molecule has 17 heavy (non-hydrogen) atoms. The molecule has 1 N–H and O–H groups in total. The van der Waals surface area contributed by atoms with Gasteiger partial charge in [0.05, 0.1) is 11.1 Å². The van der Waals surface area contributed by atoms with Gasteiger partial charge in [-0.25, -0.2) is 14.4 Å². The lowest BCUT2D eigenvalue weighted by molar-refractivity contribution is 0.177. The fourth-order valence-electron chi connectivity index (χ4n) is 1.49. The largest absolute Gasteiger partial charge is 0.388 e.